The van der Waals surface area contributed by atoms with E-state index in [9.17, 15) is 22.8 Å². The third kappa shape index (κ3) is 8.74. The Kier molecular flexibility index (Phi) is 7.89. The average Bonchev–Trinajstić information content (AvgIpc) is 2.26. The highest BCUT2D eigenvalue weighted by atomic mass is 32.2. The molecule has 0 aliphatic rings. The second-order valence-corrected chi connectivity index (χ2v) is 5.53. The third-order valence-corrected chi connectivity index (χ3v) is 3.52. The molecule has 0 radical (unpaired) electrons. The van der Waals surface area contributed by atoms with Gasteiger partial charge in [0.05, 0.1) is 11.7 Å². The molecule has 0 aromatic carbocycles. The molecule has 8 heteroatoms. The van der Waals surface area contributed by atoms with E-state index in [1.165, 1.54) is 11.8 Å². The fraction of sp³-hybridized carbons (Fsp3) is 0.818. The predicted molar refractivity (Wildman–Crippen MR) is 67.1 cm³/mol. The van der Waals surface area contributed by atoms with Gasteiger partial charge in [0.25, 0.3) is 0 Å². The highest BCUT2D eigenvalue weighted by Gasteiger charge is 2.36. The van der Waals surface area contributed by atoms with E-state index in [2.05, 4.69) is 0 Å². The average molecular weight is 301 g/mol. The van der Waals surface area contributed by atoms with Crippen molar-refractivity contribution >= 4 is 23.6 Å². The fourth-order valence-corrected chi connectivity index (χ4v) is 2.23. The molecule has 2 N–H and O–H groups in total. The number of carbonyl (C=O) groups is 2. The number of hydrogen-bond acceptors (Lipinski definition) is 3. The first-order valence-corrected chi connectivity index (χ1v) is 6.93. The van der Waals surface area contributed by atoms with Crippen molar-refractivity contribution in [2.45, 2.75) is 50.6 Å². The van der Waals surface area contributed by atoms with Crippen LogP contribution in [0.3, 0.4) is 0 Å². The van der Waals surface area contributed by atoms with Gasteiger partial charge in [0, 0.05) is 0 Å². The number of carboxylic acids is 1. The van der Waals surface area contributed by atoms with Gasteiger partial charge in [-0.1, -0.05) is 13.3 Å². The molecule has 0 spiro atoms. The highest BCUT2D eigenvalue weighted by Crippen LogP contribution is 2.22. The van der Waals surface area contributed by atoms with Crippen LogP contribution in [0.5, 0.6) is 0 Å². The maximum absolute atomic E-state index is 12.1. The highest BCUT2D eigenvalue weighted by molar-refractivity contribution is 8.00. The molecule has 0 heterocycles. The van der Waals surface area contributed by atoms with Crippen LogP contribution in [0.4, 0.5) is 13.2 Å². The van der Waals surface area contributed by atoms with E-state index < -0.39 is 35.8 Å². The van der Waals surface area contributed by atoms with Gasteiger partial charge in [-0.15, -0.1) is 11.8 Å². The first-order chi connectivity index (χ1) is 8.67. The lowest BCUT2D eigenvalue weighted by Gasteiger charge is -2.18. The van der Waals surface area contributed by atoms with Crippen LogP contribution < -0.4 is 5.32 Å². The standard InChI is InChI=1S/C11H18F3NO3S/c1-3-4-5-19-7(2)9(16)15-8(10(17)18)6-11(12,13)14/h7-8H,3-6H2,1-2H3,(H,15,16)(H,17,18). The Morgan fingerprint density at radius 2 is 1.95 bits per heavy atom. The molecule has 2 unspecified atom stereocenters. The number of alkyl halides is 3. The lowest BCUT2D eigenvalue weighted by atomic mass is 10.2. The predicted octanol–water partition coefficient (Wildman–Crippen LogP) is 2.43. The van der Waals surface area contributed by atoms with E-state index in [4.69, 9.17) is 5.11 Å². The summed E-state index contributed by atoms with van der Waals surface area (Å²) in [7, 11) is 0. The Balaban J connectivity index is 4.35. The summed E-state index contributed by atoms with van der Waals surface area (Å²) < 4.78 is 36.4. The Labute approximate surface area is 114 Å². The zero-order valence-electron chi connectivity index (χ0n) is 10.8. The van der Waals surface area contributed by atoms with Crippen LogP contribution >= 0.6 is 11.8 Å². The van der Waals surface area contributed by atoms with Crippen molar-refractivity contribution in [2.24, 2.45) is 0 Å². The van der Waals surface area contributed by atoms with E-state index in [1.54, 1.807) is 6.92 Å². The largest absolute Gasteiger partial charge is 0.480 e. The van der Waals surface area contributed by atoms with Gasteiger partial charge in [0.2, 0.25) is 5.91 Å². The van der Waals surface area contributed by atoms with Crippen LogP contribution in [-0.2, 0) is 9.59 Å². The summed E-state index contributed by atoms with van der Waals surface area (Å²) in [5, 5.41) is 10.0. The molecule has 1 amide bonds. The van der Waals surface area contributed by atoms with Gasteiger partial charge in [-0.3, -0.25) is 4.79 Å². The summed E-state index contributed by atoms with van der Waals surface area (Å²) in [5.41, 5.74) is 0. The molecule has 0 aliphatic heterocycles. The summed E-state index contributed by atoms with van der Waals surface area (Å²) in [6, 6.07) is -1.93. The van der Waals surface area contributed by atoms with Crippen molar-refractivity contribution in [3.8, 4) is 0 Å². The Hall–Kier alpha value is -0.920. The molecule has 0 aliphatic carbocycles. The van der Waals surface area contributed by atoms with Crippen molar-refractivity contribution in [1.82, 2.24) is 5.32 Å². The number of thioether (sulfide) groups is 1. The first kappa shape index (κ1) is 18.1. The minimum atomic E-state index is -4.63. The van der Waals surface area contributed by atoms with Gasteiger partial charge >= 0.3 is 12.1 Å². The van der Waals surface area contributed by atoms with Crippen molar-refractivity contribution < 1.29 is 27.9 Å². The minimum Gasteiger partial charge on any atom is -0.480 e. The number of hydrogen-bond donors (Lipinski definition) is 2. The van der Waals surface area contributed by atoms with Crippen molar-refractivity contribution in [3.05, 3.63) is 0 Å². The summed E-state index contributed by atoms with van der Waals surface area (Å²) >= 11 is 1.29. The molecule has 4 nitrogen and oxygen atoms in total. The molecule has 0 fully saturated rings. The van der Waals surface area contributed by atoms with Crippen LogP contribution in [0.25, 0.3) is 0 Å². The molecule has 19 heavy (non-hydrogen) atoms. The topological polar surface area (TPSA) is 66.4 Å². The molecule has 2 atom stereocenters. The first-order valence-electron chi connectivity index (χ1n) is 5.89. The lowest BCUT2D eigenvalue weighted by Crippen LogP contribution is -2.46. The second kappa shape index (κ2) is 8.29. The van der Waals surface area contributed by atoms with Crippen molar-refractivity contribution in [3.63, 3.8) is 0 Å². The molecule has 0 bridgehead atoms. The van der Waals surface area contributed by atoms with Crippen LogP contribution in [0.15, 0.2) is 0 Å². The lowest BCUT2D eigenvalue weighted by molar-refractivity contribution is -0.159. The third-order valence-electron chi connectivity index (χ3n) is 2.29. The number of rotatable bonds is 8. The summed E-state index contributed by atoms with van der Waals surface area (Å²) in [4.78, 5) is 22.2. The molecular weight excluding hydrogens is 283 g/mol. The number of unbranched alkanes of at least 4 members (excludes halogenated alkanes) is 1. The fourth-order valence-electron chi connectivity index (χ4n) is 1.20. The summed E-state index contributed by atoms with van der Waals surface area (Å²) in [5.74, 6) is -1.66. The maximum Gasteiger partial charge on any atom is 0.391 e. The van der Waals surface area contributed by atoms with E-state index in [1.807, 2.05) is 12.2 Å². The van der Waals surface area contributed by atoms with Crippen molar-refractivity contribution in [1.29, 1.82) is 0 Å². The zero-order valence-corrected chi connectivity index (χ0v) is 11.6. The smallest absolute Gasteiger partial charge is 0.391 e. The zero-order chi connectivity index (χ0) is 15.1. The quantitative estimate of drug-likeness (QED) is 0.676. The Morgan fingerprint density at radius 1 is 1.37 bits per heavy atom. The molecule has 112 valence electrons. The van der Waals surface area contributed by atoms with E-state index in [0.717, 1.165) is 12.8 Å². The monoisotopic (exact) mass is 301 g/mol. The van der Waals surface area contributed by atoms with Gasteiger partial charge in [-0.2, -0.15) is 13.2 Å². The van der Waals surface area contributed by atoms with Gasteiger partial charge in [-0.05, 0) is 19.1 Å². The second-order valence-electron chi connectivity index (χ2n) is 4.09. The Morgan fingerprint density at radius 3 is 2.37 bits per heavy atom. The van der Waals surface area contributed by atoms with Crippen LogP contribution in [0.2, 0.25) is 0 Å². The maximum atomic E-state index is 12.1. The van der Waals surface area contributed by atoms with Gasteiger partial charge in [-0.25, -0.2) is 4.79 Å². The molecule has 0 saturated carbocycles. The number of nitrogens with one attached hydrogen (secondary N) is 1. The van der Waals surface area contributed by atoms with Crippen LogP contribution in [0, 0.1) is 0 Å². The normalized spacial score (nSPS) is 14.8. The Bertz CT molecular complexity index is 310. The molecular formula is C11H18F3NO3S. The van der Waals surface area contributed by atoms with Crippen molar-refractivity contribution in [2.75, 3.05) is 5.75 Å². The molecule has 0 saturated heterocycles. The summed E-state index contributed by atoms with van der Waals surface area (Å²) in [6.07, 6.45) is -4.35. The minimum absolute atomic E-state index is 0.568. The van der Waals surface area contributed by atoms with Crippen LogP contribution in [0.1, 0.15) is 33.1 Å². The number of halogens is 3. The van der Waals surface area contributed by atoms with E-state index in [-0.39, 0.29) is 0 Å². The van der Waals surface area contributed by atoms with E-state index >= 15 is 0 Å². The number of carbonyl (C=O) groups excluding carboxylic acids is 1. The molecule has 0 rings (SSSR count). The summed E-state index contributed by atoms with van der Waals surface area (Å²) in [6.45, 7) is 3.53. The molecule has 0 aromatic heterocycles. The van der Waals surface area contributed by atoms with Gasteiger partial charge < -0.3 is 10.4 Å². The van der Waals surface area contributed by atoms with E-state index in [0.29, 0.717) is 5.75 Å². The van der Waals surface area contributed by atoms with Gasteiger partial charge in [0.1, 0.15) is 6.04 Å². The number of amides is 1. The number of aliphatic carboxylic acids is 1. The molecule has 0 aromatic rings. The SMILES string of the molecule is CCCCSC(C)C(=O)NC(CC(F)(F)F)C(=O)O. The van der Waals surface area contributed by atoms with Crippen LogP contribution in [-0.4, -0.2) is 40.2 Å². The number of carboxylic acid groups (broad SMARTS) is 1. The van der Waals surface area contributed by atoms with Gasteiger partial charge in [0.15, 0.2) is 0 Å².